The van der Waals surface area contributed by atoms with Crippen molar-refractivity contribution in [2.45, 2.75) is 70.1 Å². The first-order valence-electron chi connectivity index (χ1n) is 8.10. The summed E-state index contributed by atoms with van der Waals surface area (Å²) in [6, 6.07) is -0.776. The van der Waals surface area contributed by atoms with Crippen LogP contribution in [0.25, 0.3) is 0 Å². The van der Waals surface area contributed by atoms with Gasteiger partial charge in [-0.3, -0.25) is 0 Å². The average Bonchev–Trinajstić information content (AvgIpc) is 3.02. The maximum atomic E-state index is 13.2. The molecule has 2 rings (SSSR count). The van der Waals surface area contributed by atoms with E-state index in [-0.39, 0.29) is 17.2 Å². The van der Waals surface area contributed by atoms with Gasteiger partial charge >= 0.3 is 6.03 Å². The summed E-state index contributed by atoms with van der Waals surface area (Å²) in [5, 5.41) is 3.90. The van der Waals surface area contributed by atoms with Crippen LogP contribution in [-0.4, -0.2) is 64.6 Å². The van der Waals surface area contributed by atoms with Crippen LogP contribution in [0.1, 0.15) is 53.3 Å². The molecule has 136 valence electrons. The quantitative estimate of drug-likeness (QED) is 0.803. The molecule has 0 aromatic carbocycles. The van der Waals surface area contributed by atoms with Gasteiger partial charge in [-0.1, -0.05) is 20.8 Å². The van der Waals surface area contributed by atoms with E-state index in [1.54, 1.807) is 14.1 Å². The normalized spacial score (nSPS) is 22.8. The molecule has 0 bridgehead atoms. The maximum Gasteiger partial charge on any atom is 0.346 e. The van der Waals surface area contributed by atoms with Crippen LogP contribution in [0.4, 0.5) is 4.79 Å². The van der Waals surface area contributed by atoms with Gasteiger partial charge in [0.05, 0.1) is 0 Å². The molecule has 1 aromatic heterocycles. The molecule has 0 spiro atoms. The second-order valence-electron chi connectivity index (χ2n) is 7.67. The molecule has 1 saturated heterocycles. The van der Waals surface area contributed by atoms with Crippen molar-refractivity contribution in [3.63, 3.8) is 0 Å². The fraction of sp³-hybridized carbons (Fsp3) is 0.800. The number of amides is 1. The van der Waals surface area contributed by atoms with Gasteiger partial charge in [0.1, 0.15) is 0 Å². The number of hydrogen-bond donors (Lipinski definition) is 0. The second-order valence-corrected chi connectivity index (χ2v) is 9.40. The molecule has 0 aliphatic carbocycles. The molecular formula is C15H27N5O3S. The predicted molar refractivity (Wildman–Crippen MR) is 90.4 cm³/mol. The molecule has 2 heterocycles. The van der Waals surface area contributed by atoms with Crippen LogP contribution in [0.5, 0.6) is 0 Å². The molecule has 1 amide bonds. The van der Waals surface area contributed by atoms with E-state index in [9.17, 15) is 13.2 Å². The number of nitrogens with zero attached hydrogens (tertiary/aromatic N) is 5. The first kappa shape index (κ1) is 18.9. The zero-order valence-electron chi connectivity index (χ0n) is 15.4. The fourth-order valence-electron chi connectivity index (χ4n) is 2.84. The highest BCUT2D eigenvalue weighted by atomic mass is 32.2. The lowest BCUT2D eigenvalue weighted by atomic mass is 9.96. The second kappa shape index (κ2) is 6.11. The van der Waals surface area contributed by atoms with Crippen molar-refractivity contribution in [2.75, 3.05) is 14.1 Å². The van der Waals surface area contributed by atoms with Crippen molar-refractivity contribution in [3.8, 4) is 0 Å². The molecule has 1 aliphatic heterocycles. The van der Waals surface area contributed by atoms with Crippen LogP contribution in [0, 0.1) is 0 Å². The minimum Gasteiger partial charge on any atom is -0.329 e. The highest BCUT2D eigenvalue weighted by Gasteiger charge is 2.42. The van der Waals surface area contributed by atoms with Crippen molar-refractivity contribution >= 4 is 16.1 Å². The molecule has 24 heavy (non-hydrogen) atoms. The van der Waals surface area contributed by atoms with Gasteiger partial charge < -0.3 is 4.90 Å². The zero-order valence-corrected chi connectivity index (χ0v) is 16.3. The van der Waals surface area contributed by atoms with E-state index in [0.29, 0.717) is 5.82 Å². The maximum absolute atomic E-state index is 13.2. The molecule has 1 aromatic rings. The van der Waals surface area contributed by atoms with E-state index in [1.807, 2.05) is 34.6 Å². The number of sulfonamides is 1. The third kappa shape index (κ3) is 3.19. The van der Waals surface area contributed by atoms with Gasteiger partial charge in [0, 0.05) is 31.6 Å². The molecule has 1 fully saturated rings. The van der Waals surface area contributed by atoms with Crippen molar-refractivity contribution in [3.05, 3.63) is 5.82 Å². The van der Waals surface area contributed by atoms with Gasteiger partial charge in [-0.05, 0) is 26.7 Å². The zero-order chi connectivity index (χ0) is 18.4. The van der Waals surface area contributed by atoms with Crippen LogP contribution in [0.3, 0.4) is 0 Å². The molecule has 0 saturated carbocycles. The molecule has 2 atom stereocenters. The van der Waals surface area contributed by atoms with Crippen LogP contribution in [-0.2, 0) is 15.4 Å². The van der Waals surface area contributed by atoms with Gasteiger partial charge in [-0.25, -0.2) is 13.2 Å². The first-order valence-corrected chi connectivity index (χ1v) is 9.54. The lowest BCUT2D eigenvalue weighted by Gasteiger charge is -2.24. The number of aromatic nitrogens is 3. The Kier molecular flexibility index (Phi) is 4.80. The minimum absolute atomic E-state index is 0.123. The van der Waals surface area contributed by atoms with Crippen molar-refractivity contribution in [2.24, 2.45) is 0 Å². The summed E-state index contributed by atoms with van der Waals surface area (Å²) < 4.78 is 28.7. The molecule has 1 aliphatic rings. The van der Waals surface area contributed by atoms with Crippen molar-refractivity contribution in [1.29, 1.82) is 0 Å². The minimum atomic E-state index is -3.91. The Bertz CT molecular complexity index is 723. The summed E-state index contributed by atoms with van der Waals surface area (Å²) in [5.74, 6) is 0.329. The van der Waals surface area contributed by atoms with E-state index in [2.05, 4.69) is 10.1 Å². The Morgan fingerprint density at radius 3 is 2.08 bits per heavy atom. The fourth-order valence-corrected chi connectivity index (χ4v) is 4.72. The van der Waals surface area contributed by atoms with Crippen molar-refractivity contribution < 1.29 is 13.2 Å². The molecule has 0 N–H and O–H groups in total. The lowest BCUT2D eigenvalue weighted by Crippen LogP contribution is -2.41. The van der Waals surface area contributed by atoms with E-state index < -0.39 is 21.5 Å². The Hall–Kier alpha value is -1.48. The smallest absolute Gasteiger partial charge is 0.329 e. The molecule has 9 heteroatoms. The van der Waals surface area contributed by atoms with Gasteiger partial charge in [0.25, 0.3) is 15.2 Å². The van der Waals surface area contributed by atoms with Gasteiger partial charge in [-0.2, -0.15) is 9.29 Å². The highest BCUT2D eigenvalue weighted by molar-refractivity contribution is 7.89. The van der Waals surface area contributed by atoms with E-state index in [4.69, 9.17) is 0 Å². The molecule has 2 unspecified atom stereocenters. The predicted octanol–water partition coefficient (Wildman–Crippen LogP) is 1.67. The molecular weight excluding hydrogens is 330 g/mol. The number of rotatable bonds is 2. The highest BCUT2D eigenvalue weighted by Crippen LogP contribution is 2.31. The van der Waals surface area contributed by atoms with Gasteiger partial charge in [0.2, 0.25) is 0 Å². The summed E-state index contributed by atoms with van der Waals surface area (Å²) in [7, 11) is -0.803. The van der Waals surface area contributed by atoms with Gasteiger partial charge in [0.15, 0.2) is 5.82 Å². The topological polar surface area (TPSA) is 88.4 Å². The van der Waals surface area contributed by atoms with Crippen LogP contribution >= 0.6 is 0 Å². The summed E-state index contributed by atoms with van der Waals surface area (Å²) in [6.45, 7) is 9.39. The molecule has 0 radical (unpaired) electrons. The first-order chi connectivity index (χ1) is 10.9. The van der Waals surface area contributed by atoms with E-state index in [0.717, 1.165) is 17.5 Å². The molecule has 8 nitrogen and oxygen atoms in total. The lowest BCUT2D eigenvalue weighted by molar-refractivity contribution is 0.212. The van der Waals surface area contributed by atoms with Crippen LogP contribution < -0.4 is 0 Å². The Morgan fingerprint density at radius 2 is 1.67 bits per heavy atom. The monoisotopic (exact) mass is 357 g/mol. The number of carbonyl (C=O) groups is 1. The average molecular weight is 357 g/mol. The summed E-state index contributed by atoms with van der Waals surface area (Å²) in [6.07, 6.45) is 1.59. The summed E-state index contributed by atoms with van der Waals surface area (Å²) >= 11 is 0. The van der Waals surface area contributed by atoms with E-state index >= 15 is 0 Å². The third-order valence-corrected chi connectivity index (χ3v) is 6.19. The standard InChI is InChI=1S/C15H27N5O3S/c1-10-8-9-11(2)20(10)24(22,23)13-16-12(15(3,4)5)17-19(13)14(21)18(6)7/h10-11H,8-9H2,1-7H3. The summed E-state index contributed by atoms with van der Waals surface area (Å²) in [5.41, 5.74) is -0.468. The Morgan fingerprint density at radius 1 is 1.17 bits per heavy atom. The van der Waals surface area contributed by atoms with Crippen LogP contribution in [0.15, 0.2) is 5.16 Å². The largest absolute Gasteiger partial charge is 0.346 e. The number of carbonyl (C=O) groups excluding carboxylic acids is 1. The number of hydrogen-bond acceptors (Lipinski definition) is 5. The third-order valence-electron chi connectivity index (χ3n) is 4.19. The van der Waals surface area contributed by atoms with Gasteiger partial charge in [-0.15, -0.1) is 9.78 Å². The SMILES string of the molecule is CC1CCC(C)N1S(=O)(=O)c1nc(C(C)(C)C)nn1C(=O)N(C)C. The summed E-state index contributed by atoms with van der Waals surface area (Å²) in [4.78, 5) is 18.0. The van der Waals surface area contributed by atoms with Crippen LogP contribution in [0.2, 0.25) is 0 Å². The van der Waals surface area contributed by atoms with E-state index in [1.165, 1.54) is 9.21 Å². The Balaban J connectivity index is 2.63. The van der Waals surface area contributed by atoms with Crippen molar-refractivity contribution in [1.82, 2.24) is 24.0 Å². The Labute approximate surface area is 143 Å².